The van der Waals surface area contributed by atoms with Gasteiger partial charge in [0, 0.05) is 33.7 Å². The minimum absolute atomic E-state index is 0. The first-order valence-electron chi connectivity index (χ1n) is 4.43. The normalized spacial score (nSPS) is 7.88. The zero-order valence-electron chi connectivity index (χ0n) is 9.45. The minimum atomic E-state index is -1.03. The Morgan fingerprint density at radius 1 is 1.19 bits per heavy atom. The first kappa shape index (κ1) is 20.5. The van der Waals surface area contributed by atoms with E-state index in [9.17, 15) is 14.4 Å². The van der Waals surface area contributed by atoms with Crippen molar-refractivity contribution in [3.63, 3.8) is 0 Å². The molecule has 16 heavy (non-hydrogen) atoms. The molecule has 0 aromatic carbocycles. The molecule has 0 radical (unpaired) electrons. The molecule has 0 saturated heterocycles. The Morgan fingerprint density at radius 2 is 1.56 bits per heavy atom. The number of hydrogen-bond donors (Lipinski definition) is 2. The fraction of sp³-hybridized carbons (Fsp3) is 0.500. The summed E-state index contributed by atoms with van der Waals surface area (Å²) in [5.74, 6) is -2.16. The number of Topliss-reactive ketones (excluding diaryl/α,β-unsaturated/α-hetero) is 1. The van der Waals surface area contributed by atoms with Crippen LogP contribution in [0.15, 0.2) is 12.2 Å². The summed E-state index contributed by atoms with van der Waals surface area (Å²) in [5, 5.41) is 16.0. The third-order valence-corrected chi connectivity index (χ3v) is 1.24. The van der Waals surface area contributed by atoms with Gasteiger partial charge in [-0.1, -0.05) is 13.5 Å². The molecule has 0 spiro atoms. The van der Waals surface area contributed by atoms with Crippen molar-refractivity contribution < 1.29 is 46.3 Å². The van der Waals surface area contributed by atoms with Gasteiger partial charge in [-0.25, -0.2) is 4.79 Å². The Labute approximate surface area is 109 Å². The monoisotopic (exact) mass is 264 g/mol. The van der Waals surface area contributed by atoms with Crippen LogP contribution in [-0.4, -0.2) is 27.9 Å². The quantitative estimate of drug-likeness (QED) is 0.445. The van der Waals surface area contributed by atoms with Crippen LogP contribution in [0.25, 0.3) is 0 Å². The number of carboxylic acid groups (broad SMARTS) is 2. The summed E-state index contributed by atoms with van der Waals surface area (Å²) in [6.45, 7) is 6.45. The molecular weight excluding hydrogens is 248 g/mol. The van der Waals surface area contributed by atoms with E-state index < -0.39 is 11.9 Å². The summed E-state index contributed by atoms with van der Waals surface area (Å²) in [4.78, 5) is 29.9. The van der Waals surface area contributed by atoms with Crippen LogP contribution in [0.2, 0.25) is 0 Å². The molecule has 0 bridgehead atoms. The van der Waals surface area contributed by atoms with E-state index in [1.807, 2.05) is 6.92 Å². The minimum Gasteiger partial charge on any atom is -0.481 e. The Balaban J connectivity index is -0.000000214. The molecule has 0 fully saturated rings. The van der Waals surface area contributed by atoms with Crippen molar-refractivity contribution in [2.24, 2.45) is 0 Å². The van der Waals surface area contributed by atoms with Crippen molar-refractivity contribution >= 4 is 17.7 Å². The second-order valence-electron chi connectivity index (χ2n) is 2.94. The van der Waals surface area contributed by atoms with Gasteiger partial charge in [0.05, 0.1) is 0 Å². The van der Waals surface area contributed by atoms with Gasteiger partial charge in [-0.2, -0.15) is 0 Å². The maximum Gasteiger partial charge on any atom is 0.330 e. The molecule has 6 heteroatoms. The van der Waals surface area contributed by atoms with E-state index >= 15 is 0 Å². The second-order valence-corrected chi connectivity index (χ2v) is 2.94. The van der Waals surface area contributed by atoms with Crippen LogP contribution in [0.4, 0.5) is 0 Å². The summed E-state index contributed by atoms with van der Waals surface area (Å²) in [6, 6.07) is 0. The smallest absolute Gasteiger partial charge is 0.330 e. The molecule has 0 aliphatic heterocycles. The van der Waals surface area contributed by atoms with Gasteiger partial charge in [-0.3, -0.25) is 9.59 Å². The van der Waals surface area contributed by atoms with Crippen molar-refractivity contribution in [2.45, 2.75) is 33.1 Å². The zero-order valence-corrected chi connectivity index (χ0v) is 11.0. The van der Waals surface area contributed by atoms with Crippen LogP contribution in [0.5, 0.6) is 0 Å². The van der Waals surface area contributed by atoms with Gasteiger partial charge in [0.2, 0.25) is 0 Å². The first-order chi connectivity index (χ1) is 6.81. The Hall–Kier alpha value is -0.936. The summed E-state index contributed by atoms with van der Waals surface area (Å²) in [7, 11) is 0. The number of carbonyl (C=O) groups excluding carboxylic acids is 1. The van der Waals surface area contributed by atoms with Crippen LogP contribution < -0.4 is 0 Å². The van der Waals surface area contributed by atoms with Crippen LogP contribution >= 0.6 is 0 Å². The van der Waals surface area contributed by atoms with Gasteiger partial charge in [-0.15, -0.1) is 0 Å². The fourth-order valence-corrected chi connectivity index (χ4v) is 0.536. The van der Waals surface area contributed by atoms with E-state index in [0.717, 1.165) is 6.42 Å². The maximum atomic E-state index is 10.5. The van der Waals surface area contributed by atoms with Crippen molar-refractivity contribution in [1.29, 1.82) is 0 Å². The molecule has 90 valence electrons. The number of ketones is 1. The van der Waals surface area contributed by atoms with E-state index in [2.05, 4.69) is 6.58 Å². The number of carbonyl (C=O) groups is 3. The van der Waals surface area contributed by atoms with Crippen LogP contribution in [0, 0.1) is 0 Å². The zero-order chi connectivity index (χ0) is 12.4. The summed E-state index contributed by atoms with van der Waals surface area (Å²) in [5.41, 5.74) is 0.176. The Morgan fingerprint density at radius 3 is 1.75 bits per heavy atom. The molecule has 0 aliphatic carbocycles. The standard InChI is InChI=1S/C6H10O3.C4H6O2.Ti/c1-2-3-5(7)4-6(8)9;1-3(2)4(5)6;/h2-4H2,1H3,(H,8,9);1H2,2H3,(H,5,6);. The molecule has 0 aromatic rings. The van der Waals surface area contributed by atoms with Gasteiger partial charge >= 0.3 is 11.9 Å². The summed E-state index contributed by atoms with van der Waals surface area (Å²) in [6.07, 6.45) is 0.784. The van der Waals surface area contributed by atoms with Gasteiger partial charge in [-0.05, 0) is 13.3 Å². The topological polar surface area (TPSA) is 91.7 Å². The Kier molecular flexibility index (Phi) is 15.5. The van der Waals surface area contributed by atoms with Crippen molar-refractivity contribution in [1.82, 2.24) is 0 Å². The van der Waals surface area contributed by atoms with Crippen LogP contribution in [0.3, 0.4) is 0 Å². The van der Waals surface area contributed by atoms with Gasteiger partial charge < -0.3 is 10.2 Å². The SMILES string of the molecule is C=C(C)C(=O)O.CCCC(=O)CC(=O)O.[Ti]. The number of carboxylic acids is 2. The third kappa shape index (κ3) is 18.8. The number of hydrogen-bond acceptors (Lipinski definition) is 3. The number of aliphatic carboxylic acids is 2. The van der Waals surface area contributed by atoms with E-state index in [0.29, 0.717) is 6.42 Å². The van der Waals surface area contributed by atoms with E-state index in [-0.39, 0.29) is 39.5 Å². The molecule has 0 atom stereocenters. The molecule has 0 saturated carbocycles. The summed E-state index contributed by atoms with van der Waals surface area (Å²) < 4.78 is 0. The molecule has 0 unspecified atom stereocenters. The summed E-state index contributed by atoms with van der Waals surface area (Å²) >= 11 is 0. The molecule has 0 aromatic heterocycles. The van der Waals surface area contributed by atoms with E-state index in [4.69, 9.17) is 10.2 Å². The molecule has 5 nitrogen and oxygen atoms in total. The number of rotatable bonds is 5. The van der Waals surface area contributed by atoms with Crippen LogP contribution in [-0.2, 0) is 36.1 Å². The maximum absolute atomic E-state index is 10.5. The molecule has 2 N–H and O–H groups in total. The van der Waals surface area contributed by atoms with E-state index in [1.165, 1.54) is 6.92 Å². The van der Waals surface area contributed by atoms with Crippen molar-refractivity contribution in [3.05, 3.63) is 12.2 Å². The van der Waals surface area contributed by atoms with Crippen LogP contribution in [0.1, 0.15) is 33.1 Å². The molecule has 0 amide bonds. The van der Waals surface area contributed by atoms with Crippen molar-refractivity contribution in [3.8, 4) is 0 Å². The molecular formula is C10H16O5Ti. The first-order valence-corrected chi connectivity index (χ1v) is 4.43. The van der Waals surface area contributed by atoms with Crippen molar-refractivity contribution in [2.75, 3.05) is 0 Å². The van der Waals surface area contributed by atoms with Gasteiger partial charge in [0.15, 0.2) is 0 Å². The van der Waals surface area contributed by atoms with Gasteiger partial charge in [0.1, 0.15) is 12.2 Å². The largest absolute Gasteiger partial charge is 0.481 e. The average Bonchev–Trinajstić information content (AvgIpc) is 2.03. The second kappa shape index (κ2) is 12.1. The molecule has 0 rings (SSSR count). The fourth-order valence-electron chi connectivity index (χ4n) is 0.536. The van der Waals surface area contributed by atoms with Gasteiger partial charge in [0.25, 0.3) is 0 Å². The third-order valence-electron chi connectivity index (χ3n) is 1.24. The molecule has 0 heterocycles. The molecule has 0 aliphatic rings. The van der Waals surface area contributed by atoms with E-state index in [1.54, 1.807) is 0 Å². The Bertz CT molecular complexity index is 248. The predicted octanol–water partition coefficient (Wildman–Crippen LogP) is 1.47. The predicted molar refractivity (Wildman–Crippen MR) is 54.6 cm³/mol. The average molecular weight is 264 g/mol.